The molecule has 44 heavy (non-hydrogen) atoms. The zero-order valence-electron chi connectivity index (χ0n) is 24.9. The van der Waals surface area contributed by atoms with Crippen LogP contribution in [0.5, 0.6) is 5.75 Å². The predicted octanol–water partition coefficient (Wildman–Crippen LogP) is 5.63. The van der Waals surface area contributed by atoms with Gasteiger partial charge in [-0.15, -0.1) is 0 Å². The molecular weight excluding hydrogens is 598 g/mol. The van der Waals surface area contributed by atoms with E-state index in [0.717, 1.165) is 21.0 Å². The van der Waals surface area contributed by atoms with Crippen LogP contribution in [0.3, 0.4) is 0 Å². The summed E-state index contributed by atoms with van der Waals surface area (Å²) in [6, 6.07) is 28.5. The Morgan fingerprint density at radius 3 is 2.14 bits per heavy atom. The summed E-state index contributed by atoms with van der Waals surface area (Å²) in [5.41, 5.74) is 2.58. The van der Waals surface area contributed by atoms with Gasteiger partial charge in [-0.1, -0.05) is 78.3 Å². The molecule has 1 atom stereocenters. The zero-order chi connectivity index (χ0) is 31.7. The number of rotatable bonds is 13. The highest BCUT2D eigenvalue weighted by molar-refractivity contribution is 7.92. The Morgan fingerprint density at radius 2 is 1.52 bits per heavy atom. The Bertz CT molecular complexity index is 1670. The van der Waals surface area contributed by atoms with Gasteiger partial charge in [-0.25, -0.2) is 8.42 Å². The van der Waals surface area contributed by atoms with Crippen LogP contribution in [0.1, 0.15) is 23.6 Å². The Morgan fingerprint density at radius 1 is 0.886 bits per heavy atom. The number of aryl methyl sites for hydroxylation is 1. The lowest BCUT2D eigenvalue weighted by molar-refractivity contribution is -0.140. The molecule has 230 valence electrons. The maximum Gasteiger partial charge on any atom is 0.264 e. The van der Waals surface area contributed by atoms with Crippen LogP contribution in [-0.2, 0) is 32.6 Å². The average molecular weight is 634 g/mol. The molecule has 2 amide bonds. The third-order valence-electron chi connectivity index (χ3n) is 7.10. The zero-order valence-corrected chi connectivity index (χ0v) is 26.5. The number of nitrogens with zero attached hydrogens (tertiary/aromatic N) is 2. The molecule has 0 radical (unpaired) electrons. The number of carbonyl (C=O) groups excluding carboxylic acids is 2. The predicted molar refractivity (Wildman–Crippen MR) is 173 cm³/mol. The SMILES string of the molecule is CCNC(=O)[C@H](Cc1ccccc1)N(Cc1ccc(Cl)cc1)C(=O)CN(c1cc(C)ccc1OC)S(=O)(=O)c1ccccc1. The van der Waals surface area contributed by atoms with E-state index in [1.807, 2.05) is 37.3 Å². The van der Waals surface area contributed by atoms with Gasteiger partial charge < -0.3 is 15.0 Å². The molecule has 0 unspecified atom stereocenters. The Kier molecular flexibility index (Phi) is 11.0. The summed E-state index contributed by atoms with van der Waals surface area (Å²) in [4.78, 5) is 29.5. The first-order valence-corrected chi connectivity index (χ1v) is 16.0. The molecule has 0 saturated carbocycles. The summed E-state index contributed by atoms with van der Waals surface area (Å²) in [7, 11) is -2.79. The van der Waals surface area contributed by atoms with E-state index in [9.17, 15) is 18.0 Å². The summed E-state index contributed by atoms with van der Waals surface area (Å²) in [5, 5.41) is 3.39. The number of amides is 2. The number of anilines is 1. The van der Waals surface area contributed by atoms with Gasteiger partial charge in [-0.05, 0) is 66.9 Å². The minimum atomic E-state index is -4.24. The highest BCUT2D eigenvalue weighted by Crippen LogP contribution is 2.34. The highest BCUT2D eigenvalue weighted by Gasteiger charge is 2.35. The fourth-order valence-corrected chi connectivity index (χ4v) is 6.42. The van der Waals surface area contributed by atoms with Crippen molar-refractivity contribution < 1.29 is 22.7 Å². The molecule has 0 aromatic heterocycles. The fraction of sp³-hybridized carbons (Fsp3) is 0.235. The van der Waals surface area contributed by atoms with Gasteiger partial charge in [0.1, 0.15) is 18.3 Å². The van der Waals surface area contributed by atoms with E-state index in [1.54, 1.807) is 67.6 Å². The molecule has 0 aliphatic heterocycles. The number of nitrogens with one attached hydrogen (secondary N) is 1. The van der Waals surface area contributed by atoms with Crippen LogP contribution in [0.4, 0.5) is 5.69 Å². The van der Waals surface area contributed by atoms with Crippen LogP contribution in [0.15, 0.2) is 108 Å². The summed E-state index contributed by atoms with van der Waals surface area (Å²) in [6.45, 7) is 3.48. The van der Waals surface area contributed by atoms with Crippen LogP contribution in [0.2, 0.25) is 5.02 Å². The van der Waals surface area contributed by atoms with Crippen LogP contribution in [-0.4, -0.2) is 51.4 Å². The standard InChI is InChI=1S/C34H36ClN3O5S/c1-4-36-34(40)31(22-26-11-7-5-8-12-26)37(23-27-16-18-28(35)19-17-27)33(39)24-38(30-21-25(2)15-20-32(30)43-3)44(41,42)29-13-9-6-10-14-29/h5-21,31H,4,22-24H2,1-3H3,(H,36,40)/t31-/m0/s1. The second-order valence-corrected chi connectivity index (χ2v) is 12.5. The van der Waals surface area contributed by atoms with E-state index in [0.29, 0.717) is 11.6 Å². The van der Waals surface area contributed by atoms with Crippen LogP contribution < -0.4 is 14.4 Å². The van der Waals surface area contributed by atoms with Gasteiger partial charge in [-0.3, -0.25) is 13.9 Å². The molecule has 8 nitrogen and oxygen atoms in total. The lowest BCUT2D eigenvalue weighted by Gasteiger charge is -2.34. The van der Waals surface area contributed by atoms with E-state index in [2.05, 4.69) is 5.32 Å². The number of methoxy groups -OCH3 is 1. The van der Waals surface area contributed by atoms with Crippen LogP contribution in [0.25, 0.3) is 0 Å². The monoisotopic (exact) mass is 633 g/mol. The summed E-state index contributed by atoms with van der Waals surface area (Å²) in [5.74, 6) is -0.615. The third-order valence-corrected chi connectivity index (χ3v) is 9.13. The molecule has 0 aliphatic rings. The maximum absolute atomic E-state index is 14.5. The van der Waals surface area contributed by atoms with E-state index < -0.39 is 28.5 Å². The van der Waals surface area contributed by atoms with Crippen molar-refractivity contribution in [2.45, 2.75) is 37.8 Å². The normalized spacial score (nSPS) is 11.8. The molecule has 4 aromatic rings. The van der Waals surface area contributed by atoms with Gasteiger partial charge in [0.25, 0.3) is 10.0 Å². The largest absolute Gasteiger partial charge is 0.495 e. The quantitative estimate of drug-likeness (QED) is 0.206. The number of halogens is 1. The number of benzene rings is 4. The smallest absolute Gasteiger partial charge is 0.264 e. The Labute approximate surface area is 264 Å². The lowest BCUT2D eigenvalue weighted by Crippen LogP contribution is -2.53. The maximum atomic E-state index is 14.5. The minimum absolute atomic E-state index is 0.0187. The van der Waals surface area contributed by atoms with Crippen LogP contribution in [0, 0.1) is 6.92 Å². The first-order chi connectivity index (χ1) is 21.1. The van der Waals surface area contributed by atoms with Gasteiger partial charge in [0.15, 0.2) is 0 Å². The van der Waals surface area contributed by atoms with Gasteiger partial charge in [0, 0.05) is 24.5 Å². The molecule has 0 spiro atoms. The number of carbonyl (C=O) groups is 2. The van der Waals surface area contributed by atoms with Crippen molar-refractivity contribution in [2.24, 2.45) is 0 Å². The molecule has 4 rings (SSSR count). The molecule has 4 aromatic carbocycles. The number of hydrogen-bond donors (Lipinski definition) is 1. The van der Waals surface area contributed by atoms with E-state index in [-0.39, 0.29) is 35.2 Å². The number of hydrogen-bond acceptors (Lipinski definition) is 5. The number of ether oxygens (including phenoxy) is 1. The minimum Gasteiger partial charge on any atom is -0.495 e. The molecule has 0 bridgehead atoms. The van der Waals surface area contributed by atoms with Crippen LogP contribution >= 0.6 is 11.6 Å². The Balaban J connectivity index is 1.83. The first kappa shape index (κ1) is 32.6. The molecule has 0 saturated heterocycles. The highest BCUT2D eigenvalue weighted by atomic mass is 35.5. The Hall–Kier alpha value is -4.34. The van der Waals surface area contributed by atoms with Gasteiger partial charge in [0.2, 0.25) is 11.8 Å². The average Bonchev–Trinajstić information content (AvgIpc) is 3.03. The van der Waals surface area contributed by atoms with Gasteiger partial charge >= 0.3 is 0 Å². The molecule has 0 heterocycles. The molecule has 0 aliphatic carbocycles. The molecular formula is C34H36ClN3O5S. The van der Waals surface area contributed by atoms with Crippen molar-refractivity contribution in [2.75, 3.05) is 24.5 Å². The van der Waals surface area contributed by atoms with Crippen molar-refractivity contribution in [3.05, 3.63) is 125 Å². The number of likely N-dealkylation sites (N-methyl/N-ethyl adjacent to an activating group) is 1. The van der Waals surface area contributed by atoms with E-state index >= 15 is 0 Å². The van der Waals surface area contributed by atoms with E-state index in [1.165, 1.54) is 24.1 Å². The van der Waals surface area contributed by atoms with Crippen molar-refractivity contribution >= 4 is 39.1 Å². The second-order valence-electron chi connectivity index (χ2n) is 10.2. The van der Waals surface area contributed by atoms with Crippen molar-refractivity contribution in [1.82, 2.24) is 10.2 Å². The van der Waals surface area contributed by atoms with Crippen molar-refractivity contribution in [3.8, 4) is 5.75 Å². The topological polar surface area (TPSA) is 96.0 Å². The van der Waals surface area contributed by atoms with Gasteiger partial charge in [0.05, 0.1) is 17.7 Å². The summed E-state index contributed by atoms with van der Waals surface area (Å²) >= 11 is 6.13. The third kappa shape index (κ3) is 7.98. The summed E-state index contributed by atoms with van der Waals surface area (Å²) < 4.78 is 34.9. The summed E-state index contributed by atoms with van der Waals surface area (Å²) in [6.07, 6.45) is 0.227. The lowest BCUT2D eigenvalue weighted by atomic mass is 10.0. The first-order valence-electron chi connectivity index (χ1n) is 14.2. The number of sulfonamides is 1. The fourth-order valence-electron chi connectivity index (χ4n) is 4.86. The van der Waals surface area contributed by atoms with Crippen molar-refractivity contribution in [3.63, 3.8) is 0 Å². The molecule has 0 fully saturated rings. The second kappa shape index (κ2) is 14.9. The molecule has 10 heteroatoms. The van der Waals surface area contributed by atoms with Crippen molar-refractivity contribution in [1.29, 1.82) is 0 Å². The molecule has 1 N–H and O–H groups in total. The van der Waals surface area contributed by atoms with E-state index in [4.69, 9.17) is 16.3 Å². The van der Waals surface area contributed by atoms with Gasteiger partial charge in [-0.2, -0.15) is 0 Å².